The van der Waals surface area contributed by atoms with Gasteiger partial charge in [0.1, 0.15) is 6.61 Å². The lowest BCUT2D eigenvalue weighted by Crippen LogP contribution is -2.24. The Bertz CT molecular complexity index is 209. The lowest BCUT2D eigenvalue weighted by molar-refractivity contribution is -0.148. The van der Waals surface area contributed by atoms with Gasteiger partial charge in [0.2, 0.25) is 0 Å². The van der Waals surface area contributed by atoms with Gasteiger partial charge in [-0.3, -0.25) is 0 Å². The minimum atomic E-state index is -4.10. The molecule has 0 amide bonds. The van der Waals surface area contributed by atoms with Crippen LogP contribution >= 0.6 is 0 Å². The first-order chi connectivity index (χ1) is 7.95. The molecule has 0 saturated carbocycles. The molecule has 0 aliphatic carbocycles. The van der Waals surface area contributed by atoms with Crippen LogP contribution in [-0.2, 0) is 14.3 Å². The molecule has 0 aliphatic heterocycles. The summed E-state index contributed by atoms with van der Waals surface area (Å²) in [5.74, 6) is -0.440. The first kappa shape index (κ1) is 16.2. The lowest BCUT2D eigenvalue weighted by atomic mass is 10.3. The Hall–Kier alpha value is -0.820. The SMILES string of the molecule is CCOC(=O)COCCNCCCC(F)(F)F. The van der Waals surface area contributed by atoms with E-state index in [4.69, 9.17) is 4.74 Å². The third kappa shape index (κ3) is 13.1. The first-order valence-corrected chi connectivity index (χ1v) is 5.46. The summed E-state index contributed by atoms with van der Waals surface area (Å²) in [6.07, 6.45) is -4.84. The molecule has 0 bridgehead atoms. The lowest BCUT2D eigenvalue weighted by Gasteiger charge is -2.07. The van der Waals surface area contributed by atoms with Crippen molar-refractivity contribution in [2.75, 3.05) is 32.9 Å². The maximum Gasteiger partial charge on any atom is 0.389 e. The van der Waals surface area contributed by atoms with Gasteiger partial charge in [-0.05, 0) is 19.9 Å². The quantitative estimate of drug-likeness (QED) is 0.502. The normalized spacial score (nSPS) is 11.5. The van der Waals surface area contributed by atoms with Crippen molar-refractivity contribution >= 4 is 5.97 Å². The molecular weight excluding hydrogens is 239 g/mol. The largest absolute Gasteiger partial charge is 0.464 e. The van der Waals surface area contributed by atoms with E-state index in [9.17, 15) is 18.0 Å². The Morgan fingerprint density at radius 3 is 2.59 bits per heavy atom. The predicted octanol–water partition coefficient (Wildman–Crippen LogP) is 1.50. The fraction of sp³-hybridized carbons (Fsp3) is 0.900. The van der Waals surface area contributed by atoms with Crippen molar-refractivity contribution in [1.29, 1.82) is 0 Å². The van der Waals surface area contributed by atoms with Crippen LogP contribution in [-0.4, -0.2) is 45.1 Å². The molecule has 0 radical (unpaired) electrons. The van der Waals surface area contributed by atoms with Crippen LogP contribution in [0.2, 0.25) is 0 Å². The molecule has 17 heavy (non-hydrogen) atoms. The van der Waals surface area contributed by atoms with Crippen molar-refractivity contribution in [3.05, 3.63) is 0 Å². The molecule has 7 heteroatoms. The minimum Gasteiger partial charge on any atom is -0.464 e. The highest BCUT2D eigenvalue weighted by molar-refractivity contribution is 5.70. The Morgan fingerprint density at radius 2 is 2.00 bits per heavy atom. The van der Waals surface area contributed by atoms with Crippen LogP contribution in [0.4, 0.5) is 13.2 Å². The second-order valence-corrected chi connectivity index (χ2v) is 3.33. The van der Waals surface area contributed by atoms with E-state index >= 15 is 0 Å². The van der Waals surface area contributed by atoms with Crippen LogP contribution in [0, 0.1) is 0 Å². The Kier molecular flexibility index (Phi) is 8.79. The van der Waals surface area contributed by atoms with E-state index in [1.807, 2.05) is 0 Å². The van der Waals surface area contributed by atoms with Crippen LogP contribution in [0.1, 0.15) is 19.8 Å². The summed E-state index contributed by atoms with van der Waals surface area (Å²) in [6, 6.07) is 0. The van der Waals surface area contributed by atoms with Crippen molar-refractivity contribution < 1.29 is 27.4 Å². The van der Waals surface area contributed by atoms with Crippen molar-refractivity contribution in [1.82, 2.24) is 5.32 Å². The molecule has 0 aromatic heterocycles. The summed E-state index contributed by atoms with van der Waals surface area (Å²) in [4.78, 5) is 10.8. The van der Waals surface area contributed by atoms with E-state index in [2.05, 4.69) is 10.1 Å². The zero-order valence-corrected chi connectivity index (χ0v) is 9.81. The average Bonchev–Trinajstić information content (AvgIpc) is 2.21. The summed E-state index contributed by atoms with van der Waals surface area (Å²) in [5.41, 5.74) is 0. The molecule has 0 aliphatic rings. The third-order valence-electron chi connectivity index (χ3n) is 1.76. The van der Waals surface area contributed by atoms with Crippen LogP contribution in [0.5, 0.6) is 0 Å². The molecule has 4 nitrogen and oxygen atoms in total. The molecule has 0 fully saturated rings. The van der Waals surface area contributed by atoms with E-state index in [-0.39, 0.29) is 26.2 Å². The molecule has 0 heterocycles. The van der Waals surface area contributed by atoms with Gasteiger partial charge >= 0.3 is 12.1 Å². The summed E-state index contributed by atoms with van der Waals surface area (Å²) in [6.45, 7) is 2.83. The van der Waals surface area contributed by atoms with E-state index in [0.717, 1.165) is 0 Å². The monoisotopic (exact) mass is 257 g/mol. The van der Waals surface area contributed by atoms with Crippen LogP contribution in [0.15, 0.2) is 0 Å². The van der Waals surface area contributed by atoms with Crippen LogP contribution < -0.4 is 5.32 Å². The predicted molar refractivity (Wildman–Crippen MR) is 55.6 cm³/mol. The Labute approximate surface area is 98.5 Å². The standard InChI is InChI=1S/C10H18F3NO3/c1-2-17-9(15)8-16-7-6-14-5-3-4-10(11,12)13/h14H,2-8H2,1H3. The topological polar surface area (TPSA) is 47.6 Å². The summed E-state index contributed by atoms with van der Waals surface area (Å²) < 4.78 is 44.8. The molecule has 0 aromatic rings. The van der Waals surface area contributed by atoms with Crippen molar-refractivity contribution in [3.8, 4) is 0 Å². The molecular formula is C10H18F3NO3. The molecule has 102 valence electrons. The Balaban J connectivity index is 3.16. The number of rotatable bonds is 9. The van der Waals surface area contributed by atoms with Gasteiger partial charge in [-0.25, -0.2) is 4.79 Å². The summed E-state index contributed by atoms with van der Waals surface area (Å²) in [5, 5.41) is 2.79. The molecule has 0 saturated heterocycles. The van der Waals surface area contributed by atoms with Gasteiger partial charge in [0.05, 0.1) is 13.2 Å². The number of hydrogen-bond acceptors (Lipinski definition) is 4. The van der Waals surface area contributed by atoms with Gasteiger partial charge in [-0.2, -0.15) is 13.2 Å². The molecule has 0 atom stereocenters. The van der Waals surface area contributed by atoms with Crippen molar-refractivity contribution in [3.63, 3.8) is 0 Å². The Morgan fingerprint density at radius 1 is 1.29 bits per heavy atom. The summed E-state index contributed by atoms with van der Waals surface area (Å²) in [7, 11) is 0. The van der Waals surface area contributed by atoms with E-state index in [1.54, 1.807) is 6.92 Å². The summed E-state index contributed by atoms with van der Waals surface area (Å²) >= 11 is 0. The van der Waals surface area contributed by atoms with Gasteiger partial charge in [0.15, 0.2) is 0 Å². The number of esters is 1. The molecule has 1 N–H and O–H groups in total. The molecule has 0 aromatic carbocycles. The zero-order valence-electron chi connectivity index (χ0n) is 9.81. The number of carbonyl (C=O) groups is 1. The highest BCUT2D eigenvalue weighted by atomic mass is 19.4. The average molecular weight is 257 g/mol. The van der Waals surface area contributed by atoms with E-state index in [1.165, 1.54) is 0 Å². The number of nitrogens with one attached hydrogen (secondary N) is 1. The van der Waals surface area contributed by atoms with Gasteiger partial charge in [0.25, 0.3) is 0 Å². The van der Waals surface area contributed by atoms with Crippen LogP contribution in [0.25, 0.3) is 0 Å². The second-order valence-electron chi connectivity index (χ2n) is 3.33. The molecule has 0 spiro atoms. The molecule has 0 rings (SSSR count). The maximum absolute atomic E-state index is 11.7. The highest BCUT2D eigenvalue weighted by Gasteiger charge is 2.25. The third-order valence-corrected chi connectivity index (χ3v) is 1.76. The number of alkyl halides is 3. The fourth-order valence-corrected chi connectivity index (χ4v) is 1.04. The smallest absolute Gasteiger partial charge is 0.389 e. The molecule has 0 unspecified atom stereocenters. The number of halogens is 3. The van der Waals surface area contributed by atoms with Gasteiger partial charge in [-0.15, -0.1) is 0 Å². The number of hydrogen-bond donors (Lipinski definition) is 1. The fourth-order valence-electron chi connectivity index (χ4n) is 1.04. The van der Waals surface area contributed by atoms with Gasteiger partial charge in [0, 0.05) is 13.0 Å². The van der Waals surface area contributed by atoms with E-state index in [0.29, 0.717) is 13.2 Å². The second kappa shape index (κ2) is 9.23. The van der Waals surface area contributed by atoms with Crippen molar-refractivity contribution in [2.45, 2.75) is 25.9 Å². The first-order valence-electron chi connectivity index (χ1n) is 5.46. The zero-order chi connectivity index (χ0) is 13.1. The van der Waals surface area contributed by atoms with Crippen molar-refractivity contribution in [2.24, 2.45) is 0 Å². The van der Waals surface area contributed by atoms with Gasteiger partial charge < -0.3 is 14.8 Å². The van der Waals surface area contributed by atoms with Crippen LogP contribution in [0.3, 0.4) is 0 Å². The van der Waals surface area contributed by atoms with E-state index < -0.39 is 18.6 Å². The van der Waals surface area contributed by atoms with Gasteiger partial charge in [-0.1, -0.05) is 0 Å². The number of carbonyl (C=O) groups excluding carboxylic acids is 1. The minimum absolute atomic E-state index is 0.0430. The highest BCUT2D eigenvalue weighted by Crippen LogP contribution is 2.20. The maximum atomic E-state index is 11.7. The number of ether oxygens (including phenoxy) is 2.